The summed E-state index contributed by atoms with van der Waals surface area (Å²) in [5, 5.41) is 11.7. The molecule has 1 aliphatic carbocycles. The molecule has 1 fully saturated rings. The van der Waals surface area contributed by atoms with Crippen LogP contribution in [0.2, 0.25) is 0 Å². The van der Waals surface area contributed by atoms with E-state index in [1.54, 1.807) is 0 Å². The Labute approximate surface area is 101 Å². The lowest BCUT2D eigenvalue weighted by atomic mass is 9.86. The first kappa shape index (κ1) is 13.9. The van der Waals surface area contributed by atoms with Gasteiger partial charge >= 0.3 is 5.97 Å². The Morgan fingerprint density at radius 2 is 1.94 bits per heavy atom. The molecule has 6 heteroatoms. The molecule has 0 aromatic carbocycles. The predicted molar refractivity (Wildman–Crippen MR) is 61.4 cm³/mol. The van der Waals surface area contributed by atoms with Crippen LogP contribution in [0.25, 0.3) is 0 Å². The van der Waals surface area contributed by atoms with E-state index in [-0.39, 0.29) is 24.5 Å². The van der Waals surface area contributed by atoms with E-state index in [4.69, 9.17) is 15.6 Å². The van der Waals surface area contributed by atoms with Crippen LogP contribution in [0.15, 0.2) is 0 Å². The Morgan fingerprint density at radius 1 is 1.29 bits per heavy atom. The largest absolute Gasteiger partial charge is 0.481 e. The predicted octanol–water partition coefficient (Wildman–Crippen LogP) is -0.279. The van der Waals surface area contributed by atoms with Gasteiger partial charge in [-0.25, -0.2) is 0 Å². The standard InChI is InChI=1S/C11H20N2O4/c12-5-6-17-7-10(14)13-9-3-1-8(2-4-9)11(15)16/h8-9H,1-7,12H2,(H,13,14)(H,15,16). The second-order valence-electron chi connectivity index (χ2n) is 4.30. The van der Waals surface area contributed by atoms with Crippen LogP contribution in [0, 0.1) is 5.92 Å². The van der Waals surface area contributed by atoms with Crippen LogP contribution in [-0.2, 0) is 14.3 Å². The first-order valence-electron chi connectivity index (χ1n) is 5.93. The molecule has 0 saturated heterocycles. The molecule has 1 rings (SSSR count). The van der Waals surface area contributed by atoms with Crippen LogP contribution in [0.1, 0.15) is 25.7 Å². The highest BCUT2D eigenvalue weighted by molar-refractivity contribution is 5.77. The van der Waals surface area contributed by atoms with Gasteiger partial charge in [-0.05, 0) is 25.7 Å². The maximum Gasteiger partial charge on any atom is 0.306 e. The molecular formula is C11H20N2O4. The van der Waals surface area contributed by atoms with Gasteiger partial charge in [-0.3, -0.25) is 9.59 Å². The zero-order chi connectivity index (χ0) is 12.7. The maximum atomic E-state index is 11.4. The smallest absolute Gasteiger partial charge is 0.306 e. The fraction of sp³-hybridized carbons (Fsp3) is 0.818. The zero-order valence-corrected chi connectivity index (χ0v) is 9.85. The lowest BCUT2D eigenvalue weighted by molar-refractivity contribution is -0.142. The van der Waals surface area contributed by atoms with E-state index >= 15 is 0 Å². The van der Waals surface area contributed by atoms with E-state index in [0.717, 1.165) is 12.8 Å². The fourth-order valence-corrected chi connectivity index (χ4v) is 2.00. The molecule has 0 aromatic heterocycles. The third-order valence-corrected chi connectivity index (χ3v) is 2.94. The SMILES string of the molecule is NCCOCC(=O)NC1CCC(C(=O)O)CC1. The van der Waals surface area contributed by atoms with Crippen molar-refractivity contribution in [1.29, 1.82) is 0 Å². The molecule has 0 atom stereocenters. The van der Waals surface area contributed by atoms with Crippen molar-refractivity contribution < 1.29 is 19.4 Å². The number of amides is 1. The molecule has 17 heavy (non-hydrogen) atoms. The monoisotopic (exact) mass is 244 g/mol. The van der Waals surface area contributed by atoms with E-state index in [9.17, 15) is 9.59 Å². The van der Waals surface area contributed by atoms with Crippen LogP contribution >= 0.6 is 0 Å². The number of hydrogen-bond donors (Lipinski definition) is 3. The molecule has 4 N–H and O–H groups in total. The summed E-state index contributed by atoms with van der Waals surface area (Å²) >= 11 is 0. The van der Waals surface area contributed by atoms with Crippen molar-refractivity contribution in [2.24, 2.45) is 11.7 Å². The van der Waals surface area contributed by atoms with Crippen LogP contribution in [0.3, 0.4) is 0 Å². The molecule has 0 aromatic rings. The van der Waals surface area contributed by atoms with Crippen LogP contribution in [0.4, 0.5) is 0 Å². The minimum Gasteiger partial charge on any atom is -0.481 e. The lowest BCUT2D eigenvalue weighted by Crippen LogP contribution is -2.40. The van der Waals surface area contributed by atoms with Gasteiger partial charge in [-0.2, -0.15) is 0 Å². The number of carboxylic acids is 1. The Bertz CT molecular complexity index is 262. The topological polar surface area (TPSA) is 102 Å². The second-order valence-corrected chi connectivity index (χ2v) is 4.30. The zero-order valence-electron chi connectivity index (χ0n) is 9.85. The minimum absolute atomic E-state index is 0.0239. The summed E-state index contributed by atoms with van der Waals surface area (Å²) in [4.78, 5) is 22.1. The summed E-state index contributed by atoms with van der Waals surface area (Å²) in [5.41, 5.74) is 5.23. The van der Waals surface area contributed by atoms with Crippen LogP contribution < -0.4 is 11.1 Å². The molecule has 0 bridgehead atoms. The summed E-state index contributed by atoms with van der Waals surface area (Å²) < 4.78 is 5.01. The molecular weight excluding hydrogens is 224 g/mol. The molecule has 1 saturated carbocycles. The van der Waals surface area contributed by atoms with Gasteiger partial charge in [0, 0.05) is 12.6 Å². The summed E-state index contributed by atoms with van der Waals surface area (Å²) in [7, 11) is 0. The van der Waals surface area contributed by atoms with E-state index in [1.165, 1.54) is 0 Å². The summed E-state index contributed by atoms with van der Waals surface area (Å²) in [6, 6.07) is 0.0829. The number of carbonyl (C=O) groups excluding carboxylic acids is 1. The van der Waals surface area contributed by atoms with E-state index in [2.05, 4.69) is 5.32 Å². The quantitative estimate of drug-likeness (QED) is 0.558. The van der Waals surface area contributed by atoms with E-state index in [1.807, 2.05) is 0 Å². The number of carbonyl (C=O) groups is 2. The average molecular weight is 244 g/mol. The summed E-state index contributed by atoms with van der Waals surface area (Å²) in [6.45, 7) is 0.798. The van der Waals surface area contributed by atoms with Crippen molar-refractivity contribution in [3.8, 4) is 0 Å². The van der Waals surface area contributed by atoms with Crippen molar-refractivity contribution in [3.05, 3.63) is 0 Å². The molecule has 1 amide bonds. The highest BCUT2D eigenvalue weighted by atomic mass is 16.5. The molecule has 0 aliphatic heterocycles. The van der Waals surface area contributed by atoms with Crippen molar-refractivity contribution >= 4 is 11.9 Å². The van der Waals surface area contributed by atoms with Gasteiger partial charge in [-0.1, -0.05) is 0 Å². The number of rotatable bonds is 6. The molecule has 6 nitrogen and oxygen atoms in total. The Balaban J connectivity index is 2.17. The molecule has 0 unspecified atom stereocenters. The maximum absolute atomic E-state index is 11.4. The molecule has 0 radical (unpaired) electrons. The van der Waals surface area contributed by atoms with Gasteiger partial charge in [0.15, 0.2) is 0 Å². The molecule has 0 heterocycles. The Morgan fingerprint density at radius 3 is 2.47 bits per heavy atom. The van der Waals surface area contributed by atoms with Crippen LogP contribution in [0.5, 0.6) is 0 Å². The number of aliphatic carboxylic acids is 1. The summed E-state index contributed by atoms with van der Waals surface area (Å²) in [5.74, 6) is -1.14. The lowest BCUT2D eigenvalue weighted by Gasteiger charge is -2.26. The third-order valence-electron chi connectivity index (χ3n) is 2.94. The van der Waals surface area contributed by atoms with Gasteiger partial charge in [0.25, 0.3) is 0 Å². The highest BCUT2D eigenvalue weighted by Gasteiger charge is 2.26. The first-order chi connectivity index (χ1) is 8.13. The van der Waals surface area contributed by atoms with Crippen molar-refractivity contribution in [3.63, 3.8) is 0 Å². The van der Waals surface area contributed by atoms with Gasteiger partial charge in [0.1, 0.15) is 6.61 Å². The first-order valence-corrected chi connectivity index (χ1v) is 5.93. The van der Waals surface area contributed by atoms with E-state index < -0.39 is 5.97 Å². The number of nitrogens with two attached hydrogens (primary N) is 1. The second kappa shape index (κ2) is 7.24. The van der Waals surface area contributed by atoms with Crippen LogP contribution in [-0.4, -0.2) is 42.8 Å². The van der Waals surface area contributed by atoms with Crippen molar-refractivity contribution in [2.45, 2.75) is 31.7 Å². The number of nitrogens with one attached hydrogen (secondary N) is 1. The molecule has 1 aliphatic rings. The molecule has 98 valence electrons. The van der Waals surface area contributed by atoms with Gasteiger partial charge in [0.2, 0.25) is 5.91 Å². The van der Waals surface area contributed by atoms with Crippen molar-refractivity contribution in [2.75, 3.05) is 19.8 Å². The fourth-order valence-electron chi connectivity index (χ4n) is 2.00. The average Bonchev–Trinajstić information content (AvgIpc) is 2.30. The highest BCUT2D eigenvalue weighted by Crippen LogP contribution is 2.24. The Kier molecular flexibility index (Phi) is 5.93. The number of hydrogen-bond acceptors (Lipinski definition) is 4. The van der Waals surface area contributed by atoms with Crippen molar-refractivity contribution in [1.82, 2.24) is 5.32 Å². The van der Waals surface area contributed by atoms with Gasteiger partial charge < -0.3 is 20.9 Å². The van der Waals surface area contributed by atoms with Gasteiger partial charge in [0.05, 0.1) is 12.5 Å². The minimum atomic E-state index is -0.735. The Hall–Kier alpha value is -1.14. The summed E-state index contributed by atoms with van der Waals surface area (Å²) in [6.07, 6.45) is 2.70. The molecule has 0 spiro atoms. The number of ether oxygens (including phenoxy) is 1. The van der Waals surface area contributed by atoms with Gasteiger partial charge in [-0.15, -0.1) is 0 Å². The normalized spacial score (nSPS) is 24.3. The third kappa shape index (κ3) is 5.14. The van der Waals surface area contributed by atoms with E-state index in [0.29, 0.717) is 26.0 Å². The number of carboxylic acid groups (broad SMARTS) is 1.